The molecule has 8 heteroatoms. The Labute approximate surface area is 286 Å². The van der Waals surface area contributed by atoms with Gasteiger partial charge >= 0.3 is 0 Å². The van der Waals surface area contributed by atoms with Gasteiger partial charge in [0.2, 0.25) is 0 Å². The highest BCUT2D eigenvalue weighted by atomic mass is 16.2. The van der Waals surface area contributed by atoms with Crippen LogP contribution in [0.4, 0.5) is 0 Å². The lowest BCUT2D eigenvalue weighted by atomic mass is 9.71. The number of carbonyl (C=O) groups excluding carboxylic acids is 4. The first-order chi connectivity index (χ1) is 23.4. The summed E-state index contributed by atoms with van der Waals surface area (Å²) in [6.07, 6.45) is 19.6. The third-order valence-electron chi connectivity index (χ3n) is 11.4. The number of benzene rings is 2. The summed E-state index contributed by atoms with van der Waals surface area (Å²) in [5.74, 6) is 0.682. The molecule has 0 heterocycles. The molecule has 4 unspecified atom stereocenters. The molecule has 4 saturated carbocycles. The van der Waals surface area contributed by atoms with Crippen molar-refractivity contribution in [2.75, 3.05) is 0 Å². The summed E-state index contributed by atoms with van der Waals surface area (Å²) in [6, 6.07) is 14.9. The average molecular weight is 655 g/mol. The van der Waals surface area contributed by atoms with E-state index < -0.39 is 0 Å². The second kappa shape index (κ2) is 16.6. The van der Waals surface area contributed by atoms with Crippen molar-refractivity contribution >= 4 is 23.6 Å². The fourth-order valence-corrected chi connectivity index (χ4v) is 8.72. The Bertz CT molecular complexity index is 1410. The molecule has 0 aromatic heterocycles. The topological polar surface area (TPSA) is 116 Å². The second-order valence-electron chi connectivity index (χ2n) is 15.0. The number of carbonyl (C=O) groups is 4. The second-order valence-corrected chi connectivity index (χ2v) is 15.0. The molecule has 4 fully saturated rings. The number of nitrogens with one attached hydrogen (secondary N) is 4. The lowest BCUT2D eigenvalue weighted by Crippen LogP contribution is -2.43. The molecule has 4 aliphatic rings. The van der Waals surface area contributed by atoms with Crippen molar-refractivity contribution in [3.05, 3.63) is 70.8 Å². The van der Waals surface area contributed by atoms with Gasteiger partial charge in [0.1, 0.15) is 0 Å². The minimum atomic E-state index is -0.112. The molecule has 4 N–H and O–H groups in total. The maximum atomic E-state index is 13.3. The molecule has 258 valence electrons. The highest BCUT2D eigenvalue weighted by Crippen LogP contribution is 2.38. The van der Waals surface area contributed by atoms with Crippen molar-refractivity contribution < 1.29 is 19.2 Å². The quantitative estimate of drug-likeness (QED) is 0.231. The van der Waals surface area contributed by atoms with E-state index in [0.29, 0.717) is 34.1 Å². The van der Waals surface area contributed by atoms with Crippen LogP contribution in [-0.4, -0.2) is 47.8 Å². The van der Waals surface area contributed by atoms with E-state index in [1.807, 2.05) is 0 Å². The zero-order chi connectivity index (χ0) is 33.3. The van der Waals surface area contributed by atoms with Crippen molar-refractivity contribution in [3.63, 3.8) is 0 Å². The van der Waals surface area contributed by atoms with Crippen LogP contribution in [0.15, 0.2) is 48.5 Å². The van der Waals surface area contributed by atoms with E-state index in [9.17, 15) is 19.2 Å². The highest BCUT2D eigenvalue weighted by Gasteiger charge is 2.33. The van der Waals surface area contributed by atoms with E-state index in [2.05, 4.69) is 21.3 Å². The number of hydrogen-bond acceptors (Lipinski definition) is 4. The van der Waals surface area contributed by atoms with Crippen molar-refractivity contribution in [1.82, 2.24) is 21.3 Å². The molecule has 0 saturated heterocycles. The standard InChI is InChI=1S/C40H54N4O4/c45-37(41-33-14-3-1-4-15-33)27-20-22-28(23-21-27)38(46)43-35-18-8-10-29(25-35)30-11-9-19-36(26-30)44-40(48)32-13-7-12-31(24-32)39(47)42-34-16-5-2-6-17-34/h7,12-13,20-24,29-30,33-36H,1-6,8-11,14-19,25-26H2,(H,41,45)(H,42,47)(H,43,46)(H,44,48). The maximum Gasteiger partial charge on any atom is 0.251 e. The average Bonchev–Trinajstić information content (AvgIpc) is 3.13. The molecular formula is C40H54N4O4. The van der Waals surface area contributed by atoms with Crippen molar-refractivity contribution in [2.45, 2.75) is 140 Å². The Hall–Kier alpha value is -3.68. The molecule has 0 radical (unpaired) electrons. The van der Waals surface area contributed by atoms with Crippen LogP contribution in [0.1, 0.15) is 157 Å². The van der Waals surface area contributed by atoms with Gasteiger partial charge < -0.3 is 21.3 Å². The van der Waals surface area contributed by atoms with E-state index in [-0.39, 0.29) is 47.8 Å². The lowest BCUT2D eigenvalue weighted by Gasteiger charge is -2.39. The summed E-state index contributed by atoms with van der Waals surface area (Å²) >= 11 is 0. The normalized spacial score (nSPS) is 25.4. The molecule has 4 amide bonds. The predicted molar refractivity (Wildman–Crippen MR) is 188 cm³/mol. The van der Waals surface area contributed by atoms with E-state index in [4.69, 9.17) is 0 Å². The lowest BCUT2D eigenvalue weighted by molar-refractivity contribution is 0.0861. The van der Waals surface area contributed by atoms with Crippen molar-refractivity contribution in [3.8, 4) is 0 Å². The Morgan fingerprint density at radius 1 is 0.396 bits per heavy atom. The minimum absolute atomic E-state index is 0.0586. The summed E-state index contributed by atoms with van der Waals surface area (Å²) in [4.78, 5) is 52.1. The Morgan fingerprint density at radius 3 is 1.17 bits per heavy atom. The largest absolute Gasteiger partial charge is 0.349 e. The molecule has 0 aliphatic heterocycles. The van der Waals surface area contributed by atoms with E-state index in [1.54, 1.807) is 48.5 Å². The Morgan fingerprint density at radius 2 is 0.750 bits per heavy atom. The van der Waals surface area contributed by atoms with Gasteiger partial charge in [-0.15, -0.1) is 0 Å². The van der Waals surface area contributed by atoms with Gasteiger partial charge in [0.15, 0.2) is 0 Å². The van der Waals surface area contributed by atoms with Crippen LogP contribution in [0.2, 0.25) is 0 Å². The number of rotatable bonds is 9. The van der Waals surface area contributed by atoms with Gasteiger partial charge in [0, 0.05) is 46.4 Å². The van der Waals surface area contributed by atoms with Crippen molar-refractivity contribution in [1.29, 1.82) is 0 Å². The number of hydrogen-bond donors (Lipinski definition) is 4. The summed E-state index contributed by atoms with van der Waals surface area (Å²) < 4.78 is 0. The third kappa shape index (κ3) is 9.26. The van der Waals surface area contributed by atoms with Gasteiger partial charge in [-0.05, 0) is 106 Å². The smallest absolute Gasteiger partial charge is 0.251 e. The van der Waals surface area contributed by atoms with Crippen LogP contribution in [0.5, 0.6) is 0 Å². The Kier molecular flexibility index (Phi) is 11.8. The third-order valence-corrected chi connectivity index (χ3v) is 11.4. The molecule has 8 nitrogen and oxygen atoms in total. The van der Waals surface area contributed by atoms with E-state index in [1.165, 1.54) is 25.7 Å². The first-order valence-electron chi connectivity index (χ1n) is 18.8. The van der Waals surface area contributed by atoms with Gasteiger partial charge in [-0.1, -0.05) is 70.3 Å². The van der Waals surface area contributed by atoms with Crippen LogP contribution in [0.25, 0.3) is 0 Å². The fourth-order valence-electron chi connectivity index (χ4n) is 8.72. The molecular weight excluding hydrogens is 600 g/mol. The van der Waals surface area contributed by atoms with Crippen molar-refractivity contribution in [2.24, 2.45) is 11.8 Å². The van der Waals surface area contributed by atoms with Crippen LogP contribution in [0, 0.1) is 11.8 Å². The molecule has 0 spiro atoms. The molecule has 0 bridgehead atoms. The summed E-state index contributed by atoms with van der Waals surface area (Å²) in [5.41, 5.74) is 2.26. The van der Waals surface area contributed by atoms with Crippen LogP contribution in [-0.2, 0) is 0 Å². The minimum Gasteiger partial charge on any atom is -0.349 e. The van der Waals surface area contributed by atoms with Crippen LogP contribution >= 0.6 is 0 Å². The first kappa shape index (κ1) is 34.2. The van der Waals surface area contributed by atoms with Crippen LogP contribution in [0.3, 0.4) is 0 Å². The van der Waals surface area contributed by atoms with Gasteiger partial charge in [0.25, 0.3) is 23.6 Å². The van der Waals surface area contributed by atoms with Gasteiger partial charge in [-0.3, -0.25) is 19.2 Å². The van der Waals surface area contributed by atoms with Gasteiger partial charge in [0.05, 0.1) is 0 Å². The summed E-state index contributed by atoms with van der Waals surface area (Å²) in [5, 5.41) is 12.9. The first-order valence-corrected chi connectivity index (χ1v) is 18.8. The molecule has 4 atom stereocenters. The molecule has 4 aliphatic carbocycles. The zero-order valence-electron chi connectivity index (χ0n) is 28.4. The fraction of sp³-hybridized carbons (Fsp3) is 0.600. The highest BCUT2D eigenvalue weighted by molar-refractivity contribution is 6.00. The monoisotopic (exact) mass is 654 g/mol. The summed E-state index contributed by atoms with van der Waals surface area (Å²) in [6.45, 7) is 0. The van der Waals surface area contributed by atoms with Gasteiger partial charge in [-0.2, -0.15) is 0 Å². The molecule has 2 aromatic carbocycles. The SMILES string of the molecule is O=C(NC1CCCCC1)c1ccc(C(=O)NC2CCCC(C3CCCC(NC(=O)c4cccc(C(=O)NC5CCCCC5)c4)C3)C2)cc1. The van der Waals surface area contributed by atoms with Crippen LogP contribution < -0.4 is 21.3 Å². The molecule has 48 heavy (non-hydrogen) atoms. The summed E-state index contributed by atoms with van der Waals surface area (Å²) in [7, 11) is 0. The maximum absolute atomic E-state index is 13.3. The zero-order valence-corrected chi connectivity index (χ0v) is 28.4. The molecule has 2 aromatic rings. The Balaban J connectivity index is 0.971. The number of amides is 4. The van der Waals surface area contributed by atoms with E-state index >= 15 is 0 Å². The van der Waals surface area contributed by atoms with E-state index in [0.717, 1.165) is 89.9 Å². The predicted octanol–water partition coefficient (Wildman–Crippen LogP) is 7.09. The molecule has 6 rings (SSSR count). The van der Waals surface area contributed by atoms with Gasteiger partial charge in [-0.25, -0.2) is 0 Å².